The molecule has 2 heteroatoms. The van der Waals surface area contributed by atoms with Crippen LogP contribution < -0.4 is 5.32 Å². The van der Waals surface area contributed by atoms with E-state index in [1.807, 2.05) is 43.3 Å². The lowest BCUT2D eigenvalue weighted by Gasteiger charge is -2.07. The van der Waals surface area contributed by atoms with E-state index in [0.717, 1.165) is 17.7 Å². The quantitative estimate of drug-likeness (QED) is 0.786. The lowest BCUT2D eigenvalue weighted by atomic mass is 10.2. The van der Waals surface area contributed by atoms with Gasteiger partial charge in [-0.05, 0) is 36.8 Å². The fourth-order valence-corrected chi connectivity index (χ4v) is 1.58. The second kappa shape index (κ2) is 4.62. The molecule has 2 aromatic carbocycles. The Hall–Kier alpha value is -2.09. The second-order valence-electron chi connectivity index (χ2n) is 3.74. The summed E-state index contributed by atoms with van der Waals surface area (Å²) in [5.74, 6) is 0. The Morgan fingerprint density at radius 3 is 2.38 bits per heavy atom. The van der Waals surface area contributed by atoms with E-state index in [1.54, 1.807) is 6.07 Å². The summed E-state index contributed by atoms with van der Waals surface area (Å²) in [6, 6.07) is 15.5. The van der Waals surface area contributed by atoms with Crippen LogP contribution in [-0.4, -0.2) is 6.29 Å². The van der Waals surface area contributed by atoms with Gasteiger partial charge in [0.05, 0.1) is 0 Å². The molecule has 0 aliphatic carbocycles. The number of nitrogens with one attached hydrogen (secondary N) is 1. The van der Waals surface area contributed by atoms with Gasteiger partial charge in [-0.1, -0.05) is 24.3 Å². The molecule has 0 atom stereocenters. The van der Waals surface area contributed by atoms with Gasteiger partial charge in [0.15, 0.2) is 0 Å². The third kappa shape index (κ3) is 2.48. The molecular formula is C14H13NO. The Bertz CT molecular complexity index is 506. The summed E-state index contributed by atoms with van der Waals surface area (Å²) < 4.78 is 0. The predicted octanol–water partition coefficient (Wildman–Crippen LogP) is 3.55. The maximum atomic E-state index is 10.6. The van der Waals surface area contributed by atoms with Crippen LogP contribution in [-0.2, 0) is 0 Å². The molecular weight excluding hydrogens is 198 g/mol. The van der Waals surface area contributed by atoms with Gasteiger partial charge in [-0.25, -0.2) is 0 Å². The molecule has 0 amide bonds. The van der Waals surface area contributed by atoms with E-state index < -0.39 is 0 Å². The van der Waals surface area contributed by atoms with E-state index in [-0.39, 0.29) is 0 Å². The number of anilines is 2. The minimum atomic E-state index is 0.678. The highest BCUT2D eigenvalue weighted by molar-refractivity contribution is 5.77. The molecule has 0 radical (unpaired) electrons. The molecule has 0 aliphatic heterocycles. The van der Waals surface area contributed by atoms with Gasteiger partial charge in [0.1, 0.15) is 6.29 Å². The summed E-state index contributed by atoms with van der Waals surface area (Å²) in [5, 5.41) is 3.26. The Morgan fingerprint density at radius 2 is 1.69 bits per heavy atom. The Kier molecular flexibility index (Phi) is 3.01. The second-order valence-corrected chi connectivity index (χ2v) is 3.74. The average molecular weight is 211 g/mol. The first-order chi connectivity index (χ1) is 7.78. The van der Waals surface area contributed by atoms with Crippen molar-refractivity contribution in [2.75, 3.05) is 5.32 Å². The molecule has 2 nitrogen and oxygen atoms in total. The van der Waals surface area contributed by atoms with Crippen molar-refractivity contribution >= 4 is 17.7 Å². The Morgan fingerprint density at radius 1 is 1.00 bits per heavy atom. The number of rotatable bonds is 3. The van der Waals surface area contributed by atoms with Crippen molar-refractivity contribution in [3.8, 4) is 0 Å². The third-order valence-electron chi connectivity index (χ3n) is 2.33. The van der Waals surface area contributed by atoms with Crippen LogP contribution in [0.25, 0.3) is 0 Å². The minimum absolute atomic E-state index is 0.678. The number of hydrogen-bond donors (Lipinski definition) is 1. The summed E-state index contributed by atoms with van der Waals surface area (Å²) in [7, 11) is 0. The molecule has 2 aromatic rings. The first-order valence-corrected chi connectivity index (χ1v) is 5.17. The molecule has 0 heterocycles. The van der Waals surface area contributed by atoms with Crippen LogP contribution in [0.15, 0.2) is 48.5 Å². The lowest BCUT2D eigenvalue weighted by Crippen LogP contribution is -1.91. The summed E-state index contributed by atoms with van der Waals surface area (Å²) >= 11 is 0. The maximum absolute atomic E-state index is 10.6. The van der Waals surface area contributed by atoms with Crippen molar-refractivity contribution in [2.24, 2.45) is 0 Å². The Labute approximate surface area is 94.9 Å². The number of aryl methyl sites for hydroxylation is 1. The fraction of sp³-hybridized carbons (Fsp3) is 0.0714. The number of hydrogen-bond acceptors (Lipinski definition) is 2. The average Bonchev–Trinajstić information content (AvgIpc) is 2.29. The van der Waals surface area contributed by atoms with Crippen molar-refractivity contribution in [2.45, 2.75) is 6.92 Å². The van der Waals surface area contributed by atoms with Crippen LogP contribution in [0.5, 0.6) is 0 Å². The molecule has 1 N–H and O–H groups in total. The Balaban J connectivity index is 2.23. The van der Waals surface area contributed by atoms with Crippen molar-refractivity contribution in [1.82, 2.24) is 0 Å². The van der Waals surface area contributed by atoms with Crippen LogP contribution in [0.3, 0.4) is 0 Å². The normalized spacial score (nSPS) is 9.81. The van der Waals surface area contributed by atoms with Gasteiger partial charge in [0, 0.05) is 16.9 Å². The molecule has 0 fully saturated rings. The van der Waals surface area contributed by atoms with Gasteiger partial charge in [-0.15, -0.1) is 0 Å². The van der Waals surface area contributed by atoms with Crippen LogP contribution in [0, 0.1) is 6.92 Å². The molecule has 0 unspecified atom stereocenters. The van der Waals surface area contributed by atoms with E-state index in [4.69, 9.17) is 0 Å². The predicted molar refractivity (Wildman–Crippen MR) is 66.3 cm³/mol. The lowest BCUT2D eigenvalue weighted by molar-refractivity contribution is 0.112. The first-order valence-electron chi connectivity index (χ1n) is 5.17. The molecule has 0 bridgehead atoms. The highest BCUT2D eigenvalue weighted by Crippen LogP contribution is 2.17. The standard InChI is InChI=1S/C14H13NO/c1-11-4-2-6-13(8-11)15-14-7-3-5-12(9-14)10-16/h2-10,15H,1H3. The van der Waals surface area contributed by atoms with Crippen LogP contribution >= 0.6 is 0 Å². The largest absolute Gasteiger partial charge is 0.356 e. The molecule has 0 saturated heterocycles. The van der Waals surface area contributed by atoms with E-state index in [2.05, 4.69) is 11.4 Å². The molecule has 0 saturated carbocycles. The SMILES string of the molecule is Cc1cccc(Nc2cccc(C=O)c2)c1. The number of carbonyl (C=O) groups is 1. The zero-order chi connectivity index (χ0) is 11.4. The number of aldehydes is 1. The third-order valence-corrected chi connectivity index (χ3v) is 2.33. The smallest absolute Gasteiger partial charge is 0.150 e. The van der Waals surface area contributed by atoms with Gasteiger partial charge in [0.2, 0.25) is 0 Å². The summed E-state index contributed by atoms with van der Waals surface area (Å²) in [5.41, 5.74) is 3.84. The monoisotopic (exact) mass is 211 g/mol. The van der Waals surface area contributed by atoms with Crippen LogP contribution in [0.2, 0.25) is 0 Å². The fourth-order valence-electron chi connectivity index (χ4n) is 1.58. The van der Waals surface area contributed by atoms with E-state index >= 15 is 0 Å². The maximum Gasteiger partial charge on any atom is 0.150 e. The number of benzene rings is 2. The minimum Gasteiger partial charge on any atom is -0.356 e. The van der Waals surface area contributed by atoms with Crippen molar-refractivity contribution in [3.05, 3.63) is 59.7 Å². The number of carbonyl (C=O) groups excluding carboxylic acids is 1. The van der Waals surface area contributed by atoms with E-state index in [1.165, 1.54) is 5.56 Å². The highest BCUT2D eigenvalue weighted by Gasteiger charge is 1.96. The summed E-state index contributed by atoms with van der Waals surface area (Å²) in [6.45, 7) is 2.05. The van der Waals surface area contributed by atoms with Gasteiger partial charge < -0.3 is 5.32 Å². The van der Waals surface area contributed by atoms with E-state index in [9.17, 15) is 4.79 Å². The zero-order valence-corrected chi connectivity index (χ0v) is 9.10. The van der Waals surface area contributed by atoms with Crippen LogP contribution in [0.4, 0.5) is 11.4 Å². The van der Waals surface area contributed by atoms with Crippen LogP contribution in [0.1, 0.15) is 15.9 Å². The van der Waals surface area contributed by atoms with Gasteiger partial charge in [0.25, 0.3) is 0 Å². The topological polar surface area (TPSA) is 29.1 Å². The molecule has 0 aliphatic rings. The molecule has 2 rings (SSSR count). The first kappa shape index (κ1) is 10.4. The van der Waals surface area contributed by atoms with Crippen molar-refractivity contribution < 1.29 is 4.79 Å². The summed E-state index contributed by atoms with van der Waals surface area (Å²) in [4.78, 5) is 10.6. The van der Waals surface area contributed by atoms with Gasteiger partial charge >= 0.3 is 0 Å². The van der Waals surface area contributed by atoms with E-state index in [0.29, 0.717) is 5.56 Å². The van der Waals surface area contributed by atoms with Gasteiger partial charge in [-0.3, -0.25) is 4.79 Å². The molecule has 0 spiro atoms. The van der Waals surface area contributed by atoms with Crippen molar-refractivity contribution in [3.63, 3.8) is 0 Å². The zero-order valence-electron chi connectivity index (χ0n) is 9.10. The summed E-state index contributed by atoms with van der Waals surface area (Å²) in [6.07, 6.45) is 0.849. The van der Waals surface area contributed by atoms with Gasteiger partial charge in [-0.2, -0.15) is 0 Å². The molecule has 16 heavy (non-hydrogen) atoms. The van der Waals surface area contributed by atoms with Crippen molar-refractivity contribution in [1.29, 1.82) is 0 Å². The molecule has 0 aromatic heterocycles. The highest BCUT2D eigenvalue weighted by atomic mass is 16.1. The molecule has 80 valence electrons.